The van der Waals surface area contributed by atoms with Crippen molar-refractivity contribution in [2.24, 2.45) is 0 Å². The van der Waals surface area contributed by atoms with Crippen molar-refractivity contribution in [2.75, 3.05) is 12.4 Å². The second kappa shape index (κ2) is 5.93. The van der Waals surface area contributed by atoms with Gasteiger partial charge >= 0.3 is 5.38 Å². The zero-order valence-corrected chi connectivity index (χ0v) is 8.37. The van der Waals surface area contributed by atoms with Crippen molar-refractivity contribution in [3.63, 3.8) is 0 Å². The maximum Gasteiger partial charge on any atom is 0.349 e. The van der Waals surface area contributed by atoms with Crippen molar-refractivity contribution < 1.29 is 13.2 Å². The maximum atomic E-state index is 10.8. The number of nitrogens with two attached hydrogens (primary N) is 1. The Morgan fingerprint density at radius 3 is 2.21 bits per heavy atom. The molecule has 2 nitrogen and oxygen atoms in total. The molecule has 14 heavy (non-hydrogen) atoms. The first-order valence-electron chi connectivity index (χ1n) is 3.35. The van der Waals surface area contributed by atoms with E-state index >= 15 is 0 Å². The molecule has 0 saturated heterocycles. The third-order valence-electron chi connectivity index (χ3n) is 0.938. The van der Waals surface area contributed by atoms with Crippen LogP contribution in [-0.4, -0.2) is 17.0 Å². The summed E-state index contributed by atoms with van der Waals surface area (Å²) in [5.41, 5.74) is 5.28. The van der Waals surface area contributed by atoms with E-state index in [1.54, 1.807) is 18.3 Å². The number of aromatic nitrogens is 1. The summed E-state index contributed by atoms with van der Waals surface area (Å²) in [6, 6.07) is 3.43. The summed E-state index contributed by atoms with van der Waals surface area (Å²) in [4.78, 5) is 3.72. The Labute approximate surface area is 88.8 Å². The van der Waals surface area contributed by atoms with Gasteiger partial charge in [-0.05, 0) is 23.7 Å². The van der Waals surface area contributed by atoms with Crippen LogP contribution in [0.1, 0.15) is 0 Å². The molecule has 1 aromatic heterocycles. The minimum atomic E-state index is -3.65. The van der Waals surface area contributed by atoms with Gasteiger partial charge in [0.05, 0.1) is 5.02 Å². The van der Waals surface area contributed by atoms with Gasteiger partial charge in [0.25, 0.3) is 0 Å². The Hall–Kier alpha value is -0.680. The first kappa shape index (κ1) is 13.3. The van der Waals surface area contributed by atoms with E-state index in [0.717, 1.165) is 0 Å². The highest BCUT2D eigenvalue weighted by Crippen LogP contribution is 2.17. The Morgan fingerprint density at radius 2 is 2.00 bits per heavy atom. The zero-order chi connectivity index (χ0) is 11.2. The van der Waals surface area contributed by atoms with E-state index in [1.165, 1.54) is 0 Å². The average Bonchev–Trinajstić information content (AvgIpc) is 2.10. The van der Waals surface area contributed by atoms with Crippen LogP contribution in [0.3, 0.4) is 0 Å². The number of hydrogen-bond donors (Lipinski definition) is 1. The third-order valence-corrected chi connectivity index (χ3v) is 1.36. The highest BCUT2D eigenvalue weighted by Gasteiger charge is 2.23. The predicted molar refractivity (Wildman–Crippen MR) is 50.4 cm³/mol. The van der Waals surface area contributed by atoms with Gasteiger partial charge in [-0.3, -0.25) is 0 Å². The van der Waals surface area contributed by atoms with Crippen molar-refractivity contribution in [2.45, 2.75) is 5.38 Å². The van der Waals surface area contributed by atoms with Crippen LogP contribution in [0.15, 0.2) is 18.3 Å². The van der Waals surface area contributed by atoms with Crippen molar-refractivity contribution in [1.82, 2.24) is 4.98 Å². The largest absolute Gasteiger partial charge is 0.382 e. The summed E-state index contributed by atoms with van der Waals surface area (Å²) < 4.78 is 32.3. The van der Waals surface area contributed by atoms with Gasteiger partial charge in [0.15, 0.2) is 6.67 Å². The Bertz CT molecular complexity index is 257. The summed E-state index contributed by atoms with van der Waals surface area (Å²) in [6.07, 6.45) is 1.60. The molecule has 80 valence electrons. The van der Waals surface area contributed by atoms with Gasteiger partial charge in [0.1, 0.15) is 5.82 Å². The number of anilines is 1. The lowest BCUT2D eigenvalue weighted by molar-refractivity contribution is 0.0653. The number of hydrogen-bond acceptors (Lipinski definition) is 2. The van der Waals surface area contributed by atoms with Crippen LogP contribution in [0.5, 0.6) is 0 Å². The van der Waals surface area contributed by atoms with E-state index in [2.05, 4.69) is 16.6 Å². The SMILES string of the molecule is FCC(F)(F)Cl.Nc1ncccc1Cl. The molecule has 0 aromatic carbocycles. The predicted octanol–water partition coefficient (Wildman–Crippen LogP) is 3.10. The molecular weight excluding hydrogens is 240 g/mol. The maximum absolute atomic E-state index is 10.8. The smallest absolute Gasteiger partial charge is 0.349 e. The number of nitrogens with zero attached hydrogens (tertiary/aromatic N) is 1. The molecule has 0 aliphatic rings. The summed E-state index contributed by atoms with van der Waals surface area (Å²) in [5, 5.41) is -3.15. The van der Waals surface area contributed by atoms with Crippen LogP contribution < -0.4 is 5.73 Å². The molecule has 0 bridgehead atoms. The van der Waals surface area contributed by atoms with Gasteiger partial charge in [-0.15, -0.1) is 0 Å². The van der Waals surface area contributed by atoms with E-state index in [1.807, 2.05) is 0 Å². The number of rotatable bonds is 1. The van der Waals surface area contributed by atoms with Crippen LogP contribution in [-0.2, 0) is 0 Å². The number of alkyl halides is 4. The number of halogens is 5. The van der Waals surface area contributed by atoms with Gasteiger partial charge in [-0.1, -0.05) is 11.6 Å². The summed E-state index contributed by atoms with van der Waals surface area (Å²) in [7, 11) is 0. The molecule has 1 aromatic rings. The van der Waals surface area contributed by atoms with Gasteiger partial charge in [0, 0.05) is 6.20 Å². The molecule has 0 spiro atoms. The van der Waals surface area contributed by atoms with Gasteiger partial charge < -0.3 is 5.73 Å². The molecule has 0 saturated carbocycles. The average molecular weight is 247 g/mol. The second-order valence-electron chi connectivity index (χ2n) is 2.12. The first-order valence-corrected chi connectivity index (χ1v) is 4.11. The van der Waals surface area contributed by atoms with Crippen LogP contribution >= 0.6 is 23.2 Å². The fourth-order valence-electron chi connectivity index (χ4n) is 0.398. The lowest BCUT2D eigenvalue weighted by Crippen LogP contribution is -2.06. The molecule has 0 atom stereocenters. The second-order valence-corrected chi connectivity index (χ2v) is 3.08. The fraction of sp³-hybridized carbons (Fsp3) is 0.286. The molecule has 0 unspecified atom stereocenters. The topological polar surface area (TPSA) is 38.9 Å². The van der Waals surface area contributed by atoms with E-state index in [-0.39, 0.29) is 0 Å². The molecule has 2 N–H and O–H groups in total. The molecule has 0 fully saturated rings. The van der Waals surface area contributed by atoms with Crippen molar-refractivity contribution in [1.29, 1.82) is 0 Å². The fourth-order valence-corrected chi connectivity index (χ4v) is 0.519. The molecule has 0 amide bonds. The Morgan fingerprint density at radius 1 is 1.50 bits per heavy atom. The third kappa shape index (κ3) is 6.80. The van der Waals surface area contributed by atoms with Crippen molar-refractivity contribution in [3.05, 3.63) is 23.4 Å². The normalized spacial score (nSPS) is 10.4. The molecular formula is C7H7Cl2F3N2. The van der Waals surface area contributed by atoms with Gasteiger partial charge in [-0.2, -0.15) is 8.78 Å². The lowest BCUT2D eigenvalue weighted by Gasteiger charge is -1.95. The summed E-state index contributed by atoms with van der Waals surface area (Å²) in [5.74, 6) is 0.383. The first-order chi connectivity index (χ1) is 6.37. The molecule has 0 aliphatic heterocycles. The van der Waals surface area contributed by atoms with E-state index in [4.69, 9.17) is 17.3 Å². The van der Waals surface area contributed by atoms with Gasteiger partial charge in [0.2, 0.25) is 0 Å². The summed E-state index contributed by atoms with van der Waals surface area (Å²) >= 11 is 9.53. The highest BCUT2D eigenvalue weighted by molar-refractivity contribution is 6.32. The molecule has 1 rings (SSSR count). The van der Waals surface area contributed by atoms with E-state index < -0.39 is 12.1 Å². The monoisotopic (exact) mass is 246 g/mol. The molecule has 1 heterocycles. The quantitative estimate of drug-likeness (QED) is 0.774. The molecule has 0 radical (unpaired) electrons. The van der Waals surface area contributed by atoms with Crippen LogP contribution in [0.25, 0.3) is 0 Å². The lowest BCUT2D eigenvalue weighted by atomic mass is 10.5. The van der Waals surface area contributed by atoms with Crippen LogP contribution in [0.4, 0.5) is 19.0 Å². The highest BCUT2D eigenvalue weighted by atomic mass is 35.5. The summed E-state index contributed by atoms with van der Waals surface area (Å²) in [6.45, 7) is -1.80. The van der Waals surface area contributed by atoms with E-state index in [0.29, 0.717) is 10.8 Å². The minimum absolute atomic E-state index is 0.383. The minimum Gasteiger partial charge on any atom is -0.382 e. The van der Waals surface area contributed by atoms with Crippen LogP contribution in [0, 0.1) is 0 Å². The molecule has 0 aliphatic carbocycles. The van der Waals surface area contributed by atoms with Crippen molar-refractivity contribution >= 4 is 29.0 Å². The standard InChI is InChI=1S/C5H5ClN2.C2H2ClF3/c6-4-2-1-3-8-5(4)7;3-2(5,6)1-4/h1-3H,(H2,7,8);1H2. The Balaban J connectivity index is 0.000000255. The van der Waals surface area contributed by atoms with Gasteiger partial charge in [-0.25, -0.2) is 9.37 Å². The Kier molecular flexibility index (Phi) is 5.64. The number of pyridine rings is 1. The number of nitrogen functional groups attached to an aromatic ring is 1. The zero-order valence-electron chi connectivity index (χ0n) is 6.85. The van der Waals surface area contributed by atoms with E-state index in [9.17, 15) is 13.2 Å². The van der Waals surface area contributed by atoms with Crippen molar-refractivity contribution in [3.8, 4) is 0 Å². The van der Waals surface area contributed by atoms with Crippen LogP contribution in [0.2, 0.25) is 5.02 Å². The molecule has 7 heteroatoms.